The van der Waals surface area contributed by atoms with Crippen LogP contribution in [0.5, 0.6) is 11.5 Å². The van der Waals surface area contributed by atoms with Crippen LogP contribution in [0.4, 0.5) is 0 Å². The van der Waals surface area contributed by atoms with Crippen LogP contribution in [0.2, 0.25) is 0 Å². The summed E-state index contributed by atoms with van der Waals surface area (Å²) in [6.45, 7) is 8.65. The minimum Gasteiger partial charge on any atom is -0.493 e. The quantitative estimate of drug-likeness (QED) is 0.533. The fraction of sp³-hybridized carbons (Fsp3) is 0.458. The van der Waals surface area contributed by atoms with Crippen molar-refractivity contribution in [3.63, 3.8) is 0 Å². The molecule has 2 aromatic rings. The predicted octanol–water partition coefficient (Wildman–Crippen LogP) is 3.98. The van der Waals surface area contributed by atoms with Gasteiger partial charge in [-0.1, -0.05) is 50.2 Å². The molecule has 0 aromatic heterocycles. The van der Waals surface area contributed by atoms with Crippen molar-refractivity contribution in [2.45, 2.75) is 32.9 Å². The molecule has 0 aliphatic carbocycles. The van der Waals surface area contributed by atoms with Gasteiger partial charge in [0.2, 0.25) is 5.91 Å². The van der Waals surface area contributed by atoms with E-state index in [-0.39, 0.29) is 18.0 Å². The molecule has 0 spiro atoms. The molecule has 0 aliphatic heterocycles. The molecule has 2 rings (SSSR count). The summed E-state index contributed by atoms with van der Waals surface area (Å²) in [5, 5.41) is 3.17. The number of likely N-dealkylation sites (N-methyl/N-ethyl adjacent to an activating group) is 1. The molecule has 0 saturated heterocycles. The lowest BCUT2D eigenvalue weighted by Gasteiger charge is -2.30. The number of methoxy groups -OCH3 is 2. The lowest BCUT2D eigenvalue weighted by Crippen LogP contribution is -2.41. The molecule has 0 heterocycles. The molecule has 0 bridgehead atoms. The Morgan fingerprint density at radius 2 is 1.67 bits per heavy atom. The van der Waals surface area contributed by atoms with Crippen LogP contribution in [-0.2, 0) is 9.53 Å². The van der Waals surface area contributed by atoms with Crippen molar-refractivity contribution in [1.29, 1.82) is 0 Å². The van der Waals surface area contributed by atoms with Gasteiger partial charge in [0.05, 0.1) is 19.8 Å². The zero-order chi connectivity index (χ0) is 21.9. The number of rotatable bonds is 12. The van der Waals surface area contributed by atoms with Crippen LogP contribution < -0.4 is 14.8 Å². The maximum Gasteiger partial charge on any atom is 0.242 e. The highest BCUT2D eigenvalue weighted by Gasteiger charge is 2.27. The number of hydrogen-bond donors (Lipinski definition) is 1. The molecule has 30 heavy (non-hydrogen) atoms. The molecule has 2 atom stereocenters. The van der Waals surface area contributed by atoms with Crippen LogP contribution >= 0.6 is 0 Å². The minimum absolute atomic E-state index is 0.0169. The lowest BCUT2D eigenvalue weighted by molar-refractivity contribution is -0.127. The van der Waals surface area contributed by atoms with E-state index in [9.17, 15) is 4.79 Å². The van der Waals surface area contributed by atoms with Crippen LogP contribution in [0.25, 0.3) is 0 Å². The maximum absolute atomic E-state index is 13.3. The van der Waals surface area contributed by atoms with Gasteiger partial charge in [-0.05, 0) is 43.3 Å². The van der Waals surface area contributed by atoms with Crippen LogP contribution in [0, 0.1) is 0 Å². The third-order valence-electron chi connectivity index (χ3n) is 5.13. The van der Waals surface area contributed by atoms with Crippen molar-refractivity contribution in [1.82, 2.24) is 10.2 Å². The van der Waals surface area contributed by atoms with Crippen molar-refractivity contribution in [2.24, 2.45) is 0 Å². The normalized spacial score (nSPS) is 13.0. The number of hydrogen-bond acceptors (Lipinski definition) is 5. The molecule has 1 amide bonds. The van der Waals surface area contributed by atoms with Gasteiger partial charge in [-0.3, -0.25) is 9.69 Å². The first-order chi connectivity index (χ1) is 14.5. The van der Waals surface area contributed by atoms with Gasteiger partial charge in [0, 0.05) is 7.11 Å². The number of carbonyl (C=O) groups excluding carboxylic acids is 1. The Balaban J connectivity index is 2.17. The zero-order valence-electron chi connectivity index (χ0n) is 18.7. The lowest BCUT2D eigenvalue weighted by atomic mass is 10.0. The van der Waals surface area contributed by atoms with E-state index in [1.807, 2.05) is 55.5 Å². The summed E-state index contributed by atoms with van der Waals surface area (Å²) >= 11 is 0. The minimum atomic E-state index is -0.331. The Labute approximate surface area is 180 Å². The summed E-state index contributed by atoms with van der Waals surface area (Å²) in [6, 6.07) is 15.1. The zero-order valence-corrected chi connectivity index (χ0v) is 18.7. The largest absolute Gasteiger partial charge is 0.493 e. The summed E-state index contributed by atoms with van der Waals surface area (Å²) in [4.78, 5) is 15.4. The molecule has 0 fully saturated rings. The Kier molecular flexibility index (Phi) is 9.64. The predicted molar refractivity (Wildman–Crippen MR) is 119 cm³/mol. The third kappa shape index (κ3) is 6.21. The summed E-state index contributed by atoms with van der Waals surface area (Å²) < 4.78 is 16.2. The molecule has 2 aromatic carbocycles. The van der Waals surface area contributed by atoms with Crippen molar-refractivity contribution >= 4 is 5.91 Å². The van der Waals surface area contributed by atoms with Crippen LogP contribution in [-0.4, -0.2) is 51.3 Å². The second-order valence-corrected chi connectivity index (χ2v) is 7.02. The smallest absolute Gasteiger partial charge is 0.242 e. The molecule has 6 nitrogen and oxygen atoms in total. The maximum atomic E-state index is 13.3. The Hall–Kier alpha value is -2.57. The first kappa shape index (κ1) is 23.7. The van der Waals surface area contributed by atoms with E-state index < -0.39 is 0 Å². The number of nitrogens with one attached hydrogen (secondary N) is 1. The molecule has 0 aliphatic rings. The first-order valence-electron chi connectivity index (χ1n) is 10.4. The monoisotopic (exact) mass is 414 g/mol. The first-order valence-corrected chi connectivity index (χ1v) is 10.4. The van der Waals surface area contributed by atoms with Gasteiger partial charge in [0.15, 0.2) is 11.5 Å². The second kappa shape index (κ2) is 12.2. The second-order valence-electron chi connectivity index (χ2n) is 7.02. The molecular weight excluding hydrogens is 380 g/mol. The Bertz CT molecular complexity index is 778. The molecular formula is C24H34N2O4. The summed E-state index contributed by atoms with van der Waals surface area (Å²) in [5.74, 6) is 1.27. The van der Waals surface area contributed by atoms with E-state index in [1.165, 1.54) is 0 Å². The van der Waals surface area contributed by atoms with Gasteiger partial charge in [0.1, 0.15) is 12.6 Å². The molecule has 164 valence electrons. The molecule has 1 N–H and O–H groups in total. The van der Waals surface area contributed by atoms with Crippen LogP contribution in [0.15, 0.2) is 48.5 Å². The number of nitrogens with zero attached hydrogens (tertiary/aromatic N) is 1. The fourth-order valence-electron chi connectivity index (χ4n) is 3.44. The highest BCUT2D eigenvalue weighted by Crippen LogP contribution is 2.31. The summed E-state index contributed by atoms with van der Waals surface area (Å²) in [5.41, 5.74) is 1.94. The van der Waals surface area contributed by atoms with Crippen molar-refractivity contribution < 1.29 is 19.0 Å². The molecule has 0 radical (unpaired) electrons. The molecule has 0 saturated carbocycles. The van der Waals surface area contributed by atoms with Crippen LogP contribution in [0.3, 0.4) is 0 Å². The van der Waals surface area contributed by atoms with Crippen LogP contribution in [0.1, 0.15) is 44.0 Å². The number of benzene rings is 2. The van der Waals surface area contributed by atoms with Gasteiger partial charge < -0.3 is 19.5 Å². The number of amides is 1. The van der Waals surface area contributed by atoms with E-state index in [2.05, 4.69) is 24.1 Å². The fourth-order valence-corrected chi connectivity index (χ4v) is 3.44. The van der Waals surface area contributed by atoms with Gasteiger partial charge in [-0.15, -0.1) is 0 Å². The van der Waals surface area contributed by atoms with Crippen molar-refractivity contribution in [3.8, 4) is 11.5 Å². The van der Waals surface area contributed by atoms with Gasteiger partial charge in [-0.2, -0.15) is 0 Å². The van der Waals surface area contributed by atoms with Crippen molar-refractivity contribution in [3.05, 3.63) is 59.7 Å². The average Bonchev–Trinajstić information content (AvgIpc) is 2.78. The third-order valence-corrected chi connectivity index (χ3v) is 5.13. The van der Waals surface area contributed by atoms with Gasteiger partial charge in [0.25, 0.3) is 0 Å². The summed E-state index contributed by atoms with van der Waals surface area (Å²) in [6.07, 6.45) is 0. The summed E-state index contributed by atoms with van der Waals surface area (Å²) in [7, 11) is 3.24. The Morgan fingerprint density at radius 3 is 2.27 bits per heavy atom. The average molecular weight is 415 g/mol. The highest BCUT2D eigenvalue weighted by atomic mass is 16.5. The molecule has 6 heteroatoms. The number of carbonyl (C=O) groups is 1. The van der Waals surface area contributed by atoms with E-state index in [1.54, 1.807) is 14.2 Å². The van der Waals surface area contributed by atoms with E-state index in [0.717, 1.165) is 24.2 Å². The Morgan fingerprint density at radius 1 is 0.967 bits per heavy atom. The SMILES string of the molecule is CCN(CC)C(C(=O)NC(C)c1ccc(OCCOC)c(OC)c1)c1ccccc1. The van der Waals surface area contributed by atoms with E-state index >= 15 is 0 Å². The van der Waals surface area contributed by atoms with Gasteiger partial charge >= 0.3 is 0 Å². The standard InChI is InChI=1S/C24H34N2O4/c1-6-26(7-2)23(19-11-9-8-10-12-19)24(27)25-18(3)20-13-14-21(22(17-20)29-5)30-16-15-28-4/h8-14,17-18,23H,6-7,15-16H2,1-5H3,(H,25,27). The van der Waals surface area contributed by atoms with Gasteiger partial charge in [-0.25, -0.2) is 0 Å². The van der Waals surface area contributed by atoms with E-state index in [0.29, 0.717) is 24.7 Å². The topological polar surface area (TPSA) is 60.0 Å². The van der Waals surface area contributed by atoms with Crippen molar-refractivity contribution in [2.75, 3.05) is 40.5 Å². The molecule has 2 unspecified atom stereocenters. The van der Waals surface area contributed by atoms with E-state index in [4.69, 9.17) is 14.2 Å². The highest BCUT2D eigenvalue weighted by molar-refractivity contribution is 5.83. The number of ether oxygens (including phenoxy) is 3.